The lowest BCUT2D eigenvalue weighted by Gasteiger charge is -2.16. The van der Waals surface area contributed by atoms with Gasteiger partial charge >= 0.3 is 0 Å². The van der Waals surface area contributed by atoms with Crippen LogP contribution in [0.4, 0.5) is 5.82 Å². The van der Waals surface area contributed by atoms with Gasteiger partial charge in [0.2, 0.25) is 0 Å². The molecule has 2 N–H and O–H groups in total. The van der Waals surface area contributed by atoms with Gasteiger partial charge in [-0.2, -0.15) is 0 Å². The number of guanidine groups is 1. The molecule has 0 saturated carbocycles. The van der Waals surface area contributed by atoms with Gasteiger partial charge in [0.25, 0.3) is 0 Å². The van der Waals surface area contributed by atoms with Gasteiger partial charge in [-0.1, -0.05) is 25.1 Å². The van der Waals surface area contributed by atoms with Crippen LogP contribution in [0.15, 0.2) is 47.5 Å². The normalized spacial score (nSPS) is 12.4. The van der Waals surface area contributed by atoms with Crippen molar-refractivity contribution in [1.29, 1.82) is 0 Å². The lowest BCUT2D eigenvalue weighted by molar-refractivity contribution is 0.414. The molecule has 0 radical (unpaired) electrons. The monoisotopic (exact) mass is 369 g/mol. The Balaban J connectivity index is 1.79. The van der Waals surface area contributed by atoms with Crippen LogP contribution in [-0.4, -0.2) is 45.7 Å². The number of hydrogen-bond donors (Lipinski definition) is 2. The minimum absolute atomic E-state index is 0.458. The number of benzene rings is 1. The predicted molar refractivity (Wildman–Crippen MR) is 113 cm³/mol. The van der Waals surface area contributed by atoms with Crippen molar-refractivity contribution in [2.75, 3.05) is 39.7 Å². The molecule has 1 atom stereocenters. The quantitative estimate of drug-likeness (QED) is 0.553. The van der Waals surface area contributed by atoms with Gasteiger partial charge in [-0.05, 0) is 42.2 Å². The molecule has 0 aliphatic rings. The van der Waals surface area contributed by atoms with Gasteiger partial charge in [-0.3, -0.25) is 4.99 Å². The van der Waals surface area contributed by atoms with E-state index in [2.05, 4.69) is 39.7 Å². The Morgan fingerprint density at radius 2 is 1.89 bits per heavy atom. The molecule has 2 rings (SSSR count). The maximum Gasteiger partial charge on any atom is 0.191 e. The van der Waals surface area contributed by atoms with E-state index < -0.39 is 0 Å². The summed E-state index contributed by atoms with van der Waals surface area (Å²) in [6.45, 7) is 3.71. The lowest BCUT2D eigenvalue weighted by atomic mass is 9.98. The van der Waals surface area contributed by atoms with E-state index >= 15 is 0 Å². The van der Waals surface area contributed by atoms with Crippen molar-refractivity contribution in [3.63, 3.8) is 0 Å². The molecule has 1 aromatic heterocycles. The molecule has 27 heavy (non-hydrogen) atoms. The van der Waals surface area contributed by atoms with Gasteiger partial charge in [-0.15, -0.1) is 0 Å². The maximum atomic E-state index is 5.22. The second kappa shape index (κ2) is 10.4. The van der Waals surface area contributed by atoms with Crippen molar-refractivity contribution in [3.05, 3.63) is 53.7 Å². The molecule has 146 valence electrons. The highest BCUT2D eigenvalue weighted by atomic mass is 16.5. The Kier molecular flexibility index (Phi) is 7.92. The molecule has 0 aliphatic carbocycles. The summed E-state index contributed by atoms with van der Waals surface area (Å²) in [4.78, 5) is 10.9. The minimum atomic E-state index is 0.458. The van der Waals surface area contributed by atoms with Gasteiger partial charge < -0.3 is 20.3 Å². The maximum absolute atomic E-state index is 5.22. The highest BCUT2D eigenvalue weighted by molar-refractivity contribution is 5.79. The fourth-order valence-corrected chi connectivity index (χ4v) is 2.72. The van der Waals surface area contributed by atoms with Crippen LogP contribution in [0.25, 0.3) is 0 Å². The molecule has 0 fully saturated rings. The van der Waals surface area contributed by atoms with E-state index in [0.29, 0.717) is 12.5 Å². The van der Waals surface area contributed by atoms with E-state index in [0.717, 1.165) is 36.2 Å². The summed E-state index contributed by atoms with van der Waals surface area (Å²) in [6.07, 6.45) is 1.02. The number of aliphatic imine (C=N–C) groups is 1. The Morgan fingerprint density at radius 3 is 2.52 bits per heavy atom. The molecular formula is C21H31N5O. The molecule has 6 nitrogen and oxygen atoms in total. The Bertz CT molecular complexity index is 728. The zero-order valence-electron chi connectivity index (χ0n) is 17.0. The van der Waals surface area contributed by atoms with Crippen molar-refractivity contribution in [3.8, 4) is 5.75 Å². The third kappa shape index (κ3) is 6.47. The van der Waals surface area contributed by atoms with Crippen molar-refractivity contribution in [2.45, 2.75) is 25.8 Å². The number of aromatic nitrogens is 1. The van der Waals surface area contributed by atoms with Gasteiger partial charge in [-0.25, -0.2) is 4.98 Å². The fraction of sp³-hybridized carbons (Fsp3) is 0.429. The van der Waals surface area contributed by atoms with E-state index in [1.165, 1.54) is 5.56 Å². The average molecular weight is 370 g/mol. The number of ether oxygens (including phenoxy) is 1. The molecule has 1 heterocycles. The van der Waals surface area contributed by atoms with Crippen LogP contribution >= 0.6 is 0 Å². The van der Waals surface area contributed by atoms with Crippen LogP contribution in [0.1, 0.15) is 30.5 Å². The van der Waals surface area contributed by atoms with Crippen LogP contribution in [0.3, 0.4) is 0 Å². The summed E-state index contributed by atoms with van der Waals surface area (Å²) in [7, 11) is 7.45. The summed E-state index contributed by atoms with van der Waals surface area (Å²) in [5.74, 6) is 3.08. The first-order valence-electron chi connectivity index (χ1n) is 9.25. The first-order valence-corrected chi connectivity index (χ1v) is 9.25. The smallest absolute Gasteiger partial charge is 0.191 e. The molecule has 0 saturated heterocycles. The number of nitrogens with one attached hydrogen (secondary N) is 2. The van der Waals surface area contributed by atoms with E-state index in [1.54, 1.807) is 14.2 Å². The summed E-state index contributed by atoms with van der Waals surface area (Å²) < 4.78 is 5.22. The highest BCUT2D eigenvalue weighted by Crippen LogP contribution is 2.21. The first-order chi connectivity index (χ1) is 13.0. The van der Waals surface area contributed by atoms with Gasteiger partial charge in [0.05, 0.1) is 19.3 Å². The van der Waals surface area contributed by atoms with E-state index in [9.17, 15) is 0 Å². The molecular weight excluding hydrogens is 338 g/mol. The third-order valence-corrected chi connectivity index (χ3v) is 4.47. The SMILES string of the molecule is CN=C(NCCC(C)c1ccc(OC)cc1)NCc1cccc(N(C)C)n1. The first kappa shape index (κ1) is 20.6. The van der Waals surface area contributed by atoms with Gasteiger partial charge in [0, 0.05) is 27.7 Å². The lowest BCUT2D eigenvalue weighted by Crippen LogP contribution is -2.37. The largest absolute Gasteiger partial charge is 0.497 e. The van der Waals surface area contributed by atoms with E-state index in [-0.39, 0.29) is 0 Å². The Labute approximate surface area is 162 Å². The minimum Gasteiger partial charge on any atom is -0.497 e. The molecule has 0 bridgehead atoms. The number of rotatable bonds is 8. The Morgan fingerprint density at radius 1 is 1.15 bits per heavy atom. The van der Waals surface area contributed by atoms with E-state index in [1.807, 2.05) is 49.3 Å². The van der Waals surface area contributed by atoms with Crippen molar-refractivity contribution >= 4 is 11.8 Å². The predicted octanol–water partition coefficient (Wildman–Crippen LogP) is 3.02. The number of pyridine rings is 1. The molecule has 0 amide bonds. The molecule has 1 unspecified atom stereocenters. The molecule has 1 aromatic carbocycles. The number of hydrogen-bond acceptors (Lipinski definition) is 4. The van der Waals surface area contributed by atoms with Gasteiger partial charge in [0.15, 0.2) is 5.96 Å². The highest BCUT2D eigenvalue weighted by Gasteiger charge is 2.07. The van der Waals surface area contributed by atoms with E-state index in [4.69, 9.17) is 4.74 Å². The standard InChI is InChI=1S/C21H31N5O/c1-16(17-9-11-19(27-5)12-10-17)13-14-23-21(22-2)24-15-18-7-6-8-20(25-18)26(3)4/h6-12,16H,13-15H2,1-5H3,(H2,22,23,24). The summed E-state index contributed by atoms with van der Waals surface area (Å²) in [5, 5.41) is 6.70. The third-order valence-electron chi connectivity index (χ3n) is 4.47. The van der Waals surface area contributed by atoms with Crippen LogP contribution in [0.5, 0.6) is 5.75 Å². The number of methoxy groups -OCH3 is 1. The van der Waals surface area contributed by atoms with Crippen molar-refractivity contribution in [2.24, 2.45) is 4.99 Å². The van der Waals surface area contributed by atoms with Crippen LogP contribution < -0.4 is 20.3 Å². The zero-order valence-corrected chi connectivity index (χ0v) is 17.0. The summed E-state index contributed by atoms with van der Waals surface area (Å²) >= 11 is 0. The second-order valence-corrected chi connectivity index (χ2v) is 6.70. The fourth-order valence-electron chi connectivity index (χ4n) is 2.72. The summed E-state index contributed by atoms with van der Waals surface area (Å²) in [5.41, 5.74) is 2.29. The summed E-state index contributed by atoms with van der Waals surface area (Å²) in [6, 6.07) is 14.3. The van der Waals surface area contributed by atoms with Crippen molar-refractivity contribution < 1.29 is 4.74 Å². The van der Waals surface area contributed by atoms with Crippen LogP contribution in [0, 0.1) is 0 Å². The Hall–Kier alpha value is -2.76. The second-order valence-electron chi connectivity index (χ2n) is 6.70. The van der Waals surface area contributed by atoms with Crippen molar-refractivity contribution in [1.82, 2.24) is 15.6 Å². The zero-order chi connectivity index (χ0) is 19.6. The molecule has 6 heteroatoms. The number of nitrogens with zero attached hydrogens (tertiary/aromatic N) is 3. The van der Waals surface area contributed by atoms with Crippen LogP contribution in [0.2, 0.25) is 0 Å². The average Bonchev–Trinajstić information content (AvgIpc) is 2.70. The van der Waals surface area contributed by atoms with Crippen LogP contribution in [-0.2, 0) is 6.54 Å². The molecule has 0 spiro atoms. The van der Waals surface area contributed by atoms with Gasteiger partial charge in [0.1, 0.15) is 11.6 Å². The molecule has 2 aromatic rings. The molecule has 0 aliphatic heterocycles. The topological polar surface area (TPSA) is 61.8 Å². The number of anilines is 1.